The minimum absolute atomic E-state index is 0.438. The van der Waals surface area contributed by atoms with Crippen LogP contribution in [0.1, 0.15) is 39.5 Å². The van der Waals surface area contributed by atoms with Crippen molar-refractivity contribution in [3.05, 3.63) is 97.6 Å². The van der Waals surface area contributed by atoms with Gasteiger partial charge in [-0.15, -0.1) is 0 Å². The highest BCUT2D eigenvalue weighted by molar-refractivity contribution is 6.21. The molecule has 2 fully saturated rings. The van der Waals surface area contributed by atoms with E-state index in [1.807, 2.05) is 18.2 Å². The summed E-state index contributed by atoms with van der Waals surface area (Å²) in [4.78, 5) is 29.8. The molecule has 4 N–H and O–H groups in total. The summed E-state index contributed by atoms with van der Waals surface area (Å²) >= 11 is 0. The summed E-state index contributed by atoms with van der Waals surface area (Å²) < 4.78 is 15.3. The monoisotopic (exact) mass is 896 g/mol. The molecular weight excluding hydrogens is 837 g/mol. The fourth-order valence-electron chi connectivity index (χ4n) is 10.3. The Morgan fingerprint density at radius 1 is 0.606 bits per heavy atom. The first-order valence-corrected chi connectivity index (χ1v) is 22.8. The number of H-pyrrole nitrogens is 2. The first kappa shape index (κ1) is 46.2. The van der Waals surface area contributed by atoms with Gasteiger partial charge in [-0.25, -0.2) is 9.13 Å². The van der Waals surface area contributed by atoms with Crippen LogP contribution in [0.4, 0.5) is 0 Å². The van der Waals surface area contributed by atoms with Gasteiger partial charge in [0.05, 0.1) is 30.5 Å². The van der Waals surface area contributed by atoms with Gasteiger partial charge in [0.1, 0.15) is 23.7 Å². The molecule has 4 aromatic heterocycles. The molecule has 8 aromatic rings. The van der Waals surface area contributed by atoms with E-state index in [9.17, 15) is 10.2 Å². The zero-order valence-corrected chi connectivity index (χ0v) is 38.2. The highest BCUT2D eigenvalue weighted by Crippen LogP contribution is 2.36. The Balaban J connectivity index is 0.000000687. The highest BCUT2D eigenvalue weighted by Gasteiger charge is 2.31. The Kier molecular flexibility index (Phi) is 14.3. The number of nitrogens with zero attached hydrogens (tertiary/aromatic N) is 4. The third-order valence-electron chi connectivity index (χ3n) is 13.3. The molecule has 0 amide bonds. The number of carboxylic acids is 2. The summed E-state index contributed by atoms with van der Waals surface area (Å²) in [6.07, 6.45) is 12.5. The Hall–Kier alpha value is -6.32. The molecule has 2 saturated heterocycles. The quantitative estimate of drug-likeness (QED) is 0.137. The van der Waals surface area contributed by atoms with Gasteiger partial charge in [-0.05, 0) is 131 Å². The van der Waals surface area contributed by atoms with Crippen molar-refractivity contribution in [3.8, 4) is 11.5 Å². The van der Waals surface area contributed by atoms with E-state index >= 15 is 0 Å². The molecule has 2 aliphatic heterocycles. The maximum Gasteiger partial charge on any atom is 0.177 e. The number of methoxy groups -OCH3 is 2. The van der Waals surface area contributed by atoms with Crippen molar-refractivity contribution in [2.24, 2.45) is 11.8 Å². The molecule has 0 radical (unpaired) electrons. The third kappa shape index (κ3) is 10.7. The third-order valence-corrected chi connectivity index (χ3v) is 13.3. The van der Waals surface area contributed by atoms with Crippen molar-refractivity contribution < 1.29 is 48.6 Å². The average molecular weight is 897 g/mol. The van der Waals surface area contributed by atoms with Gasteiger partial charge in [0.2, 0.25) is 0 Å². The number of aliphatic carboxylic acids is 2. The maximum absolute atomic E-state index is 11.3. The van der Waals surface area contributed by atoms with Gasteiger partial charge in [-0.1, -0.05) is 12.1 Å². The van der Waals surface area contributed by atoms with Crippen LogP contribution in [0.25, 0.3) is 65.2 Å². The fraction of sp³-hybridized carbons (Fsp3) is 0.385. The number of aromatic amines is 2. The van der Waals surface area contributed by atoms with E-state index in [-0.39, 0.29) is 0 Å². The Morgan fingerprint density at radius 3 is 1.52 bits per heavy atom. The van der Waals surface area contributed by atoms with E-state index in [1.54, 1.807) is 14.2 Å². The van der Waals surface area contributed by atoms with E-state index in [1.165, 1.54) is 63.4 Å². The number of fused-ring (bicyclic) bond motifs is 10. The van der Waals surface area contributed by atoms with Crippen LogP contribution in [0.2, 0.25) is 0 Å². The zero-order chi connectivity index (χ0) is 46.5. The van der Waals surface area contributed by atoms with Crippen molar-refractivity contribution in [1.29, 1.82) is 0 Å². The summed E-state index contributed by atoms with van der Waals surface area (Å²) in [6, 6.07) is 25.3. The van der Waals surface area contributed by atoms with Crippen LogP contribution in [0.15, 0.2) is 97.6 Å². The van der Waals surface area contributed by atoms with Crippen molar-refractivity contribution >= 4 is 77.1 Å². The molecule has 66 heavy (non-hydrogen) atoms. The molecule has 14 heteroatoms. The van der Waals surface area contributed by atoms with Crippen LogP contribution >= 0.6 is 0 Å². The van der Waals surface area contributed by atoms with E-state index in [2.05, 4.69) is 108 Å². The van der Waals surface area contributed by atoms with Gasteiger partial charge in [-0.2, -0.15) is 0 Å². The summed E-state index contributed by atoms with van der Waals surface area (Å²) in [7, 11) is 3.40. The molecule has 6 heterocycles. The number of likely N-dealkylation sites (tertiary alicyclic amines) is 2. The first-order valence-electron chi connectivity index (χ1n) is 22.8. The summed E-state index contributed by atoms with van der Waals surface area (Å²) in [5.74, 6) is 0.996. The first-order chi connectivity index (χ1) is 31.8. The molecule has 2 aliphatic rings. The van der Waals surface area contributed by atoms with Crippen molar-refractivity contribution in [1.82, 2.24) is 19.8 Å². The number of carbonyl (C=O) groups excluding carboxylic acids is 2. The lowest BCUT2D eigenvalue weighted by atomic mass is 9.78. The Labute approximate surface area is 383 Å². The molecular formula is C52H60N6O8. The summed E-state index contributed by atoms with van der Waals surface area (Å²) in [5, 5.41) is 49.7. The molecule has 4 aromatic carbocycles. The molecule has 2 unspecified atom stereocenters. The standard InChI is InChI=1S/C48H52N6O4.2C2H4O2/c1-57-37-6-10-43-40(23-37)48-42-30-54(22-16-34(42)4-9-45(48)49-43)28-36(56)26-52-19-13-32(14-20-52)31-11-17-51(18-12-31)25-35(55)27-53-21-15-33-3-8-44-47(41(33)29-53)39-7-5-38(58-2)24-46(39)50-44;2*1-2(3)4/h3-10,15-16,21-24,29-32,35-36,55-56H,11-14,17-20,25-28H2,1-2H3;2*1H3,(H,3,4). The number of nitrogens with one attached hydrogen (secondary N) is 2. The molecule has 14 nitrogen and oxygen atoms in total. The Bertz CT molecular complexity index is 2970. The van der Waals surface area contributed by atoms with Gasteiger partial charge in [0.25, 0.3) is 0 Å². The number of hydrogen-bond acceptors (Lipinski definition) is 10. The number of β-amino-alcohol motifs (C(OH)–C–C–N with tert-alkyl or cyclic N) is 2. The summed E-state index contributed by atoms with van der Waals surface area (Å²) in [6.45, 7) is 8.64. The average Bonchev–Trinajstić information content (AvgIpc) is 3.87. The lowest BCUT2D eigenvalue weighted by Gasteiger charge is -2.40. The number of rotatable bonds is 11. The molecule has 10 rings (SSSR count). The van der Waals surface area contributed by atoms with Crippen molar-refractivity contribution in [2.75, 3.05) is 53.5 Å². The minimum atomic E-state index is -1.08. The number of hydrogen-bond donors (Lipinski definition) is 4. The fourth-order valence-corrected chi connectivity index (χ4v) is 10.3. The van der Waals surface area contributed by atoms with Crippen LogP contribution in [0.5, 0.6) is 11.5 Å². The number of benzene rings is 4. The van der Waals surface area contributed by atoms with Gasteiger partial charge >= 0.3 is 0 Å². The van der Waals surface area contributed by atoms with Crippen LogP contribution in [0, 0.1) is 11.8 Å². The predicted octanol–water partition coefficient (Wildman–Crippen LogP) is 4.21. The normalized spacial score (nSPS) is 16.3. The second-order valence-electron chi connectivity index (χ2n) is 17.9. The smallest absolute Gasteiger partial charge is 0.177 e. The Morgan fingerprint density at radius 2 is 1.03 bits per heavy atom. The molecule has 0 aliphatic carbocycles. The van der Waals surface area contributed by atoms with E-state index in [4.69, 9.17) is 29.3 Å². The number of ether oxygens (including phenoxy) is 2. The van der Waals surface area contributed by atoms with Crippen molar-refractivity contribution in [2.45, 2.75) is 64.8 Å². The number of carbonyl (C=O) groups is 2. The number of pyridine rings is 2. The molecule has 0 bridgehead atoms. The number of aromatic nitrogens is 4. The lowest BCUT2D eigenvalue weighted by molar-refractivity contribution is -0.702. The van der Waals surface area contributed by atoms with Crippen LogP contribution in [0.3, 0.4) is 0 Å². The topological polar surface area (TPSA) is 185 Å². The lowest BCUT2D eigenvalue weighted by Crippen LogP contribution is -2.48. The minimum Gasteiger partial charge on any atom is -0.550 e. The SMILES string of the molecule is CC(=O)[O-].CC(=O)[O-].COc1ccc2c(c1)[nH]c1ccc3cc[n+](CC(O)CN4CCC(C5CCN(CC(O)C[n+]6ccc7ccc8[nH]c9ccc(OC)cc9c8c7c6)CC5)CC4)cc3c12. The van der Waals surface area contributed by atoms with Crippen LogP contribution < -0.4 is 28.8 Å². The second-order valence-corrected chi connectivity index (χ2v) is 17.9. The zero-order valence-electron chi connectivity index (χ0n) is 38.2. The van der Waals surface area contributed by atoms with E-state index in [0.717, 1.165) is 90.8 Å². The van der Waals surface area contributed by atoms with Gasteiger partial charge in [0.15, 0.2) is 37.9 Å². The van der Waals surface area contributed by atoms with Crippen LogP contribution in [-0.4, -0.2) is 108 Å². The van der Waals surface area contributed by atoms with E-state index in [0.29, 0.717) is 26.2 Å². The summed E-state index contributed by atoms with van der Waals surface area (Å²) in [5.41, 5.74) is 4.36. The molecule has 2 atom stereocenters. The maximum atomic E-state index is 11.3. The predicted molar refractivity (Wildman–Crippen MR) is 252 cm³/mol. The molecule has 0 saturated carbocycles. The number of piperidine rings is 2. The second kappa shape index (κ2) is 20.5. The van der Waals surface area contributed by atoms with Gasteiger partial charge < -0.3 is 59.3 Å². The molecule has 0 spiro atoms. The van der Waals surface area contributed by atoms with Gasteiger partial charge in [-0.3, -0.25) is 0 Å². The van der Waals surface area contributed by atoms with Gasteiger partial charge in [0, 0.05) is 81.3 Å². The highest BCUT2D eigenvalue weighted by atomic mass is 16.5. The number of aliphatic hydroxyl groups is 2. The number of carboxylic acid groups (broad SMARTS) is 2. The van der Waals surface area contributed by atoms with Crippen LogP contribution in [-0.2, 0) is 22.7 Å². The number of aliphatic hydroxyl groups excluding tert-OH is 2. The van der Waals surface area contributed by atoms with E-state index < -0.39 is 24.1 Å². The van der Waals surface area contributed by atoms with Crippen molar-refractivity contribution in [3.63, 3.8) is 0 Å². The molecule has 346 valence electrons. The largest absolute Gasteiger partial charge is 0.550 e.